The fourth-order valence-electron chi connectivity index (χ4n) is 2.35. The van der Waals surface area contributed by atoms with Gasteiger partial charge >= 0.3 is 5.97 Å². The van der Waals surface area contributed by atoms with Gasteiger partial charge in [0.05, 0.1) is 9.83 Å². The van der Waals surface area contributed by atoms with Crippen molar-refractivity contribution in [1.82, 2.24) is 10.2 Å². The zero-order valence-electron chi connectivity index (χ0n) is 14.8. The summed E-state index contributed by atoms with van der Waals surface area (Å²) >= 11 is 6.29. The Morgan fingerprint density at radius 2 is 2.18 bits per heavy atom. The number of amides is 2. The van der Waals surface area contributed by atoms with Crippen LogP contribution in [0, 0.1) is 10.1 Å². The Labute approximate surface area is 169 Å². The van der Waals surface area contributed by atoms with Gasteiger partial charge in [0, 0.05) is 25.1 Å². The molecule has 1 fully saturated rings. The van der Waals surface area contributed by atoms with Gasteiger partial charge in [0.15, 0.2) is 0 Å². The van der Waals surface area contributed by atoms with E-state index in [0.717, 1.165) is 11.8 Å². The molecule has 2 amide bonds. The molecule has 1 aliphatic heterocycles. The molecule has 1 aromatic rings. The molecule has 1 atom stereocenters. The van der Waals surface area contributed by atoms with Crippen molar-refractivity contribution in [2.45, 2.75) is 25.8 Å². The molecule has 1 aromatic carbocycles. The Kier molecular flexibility index (Phi) is 7.24. The molecule has 0 spiro atoms. The minimum atomic E-state index is -1.13. The van der Waals surface area contributed by atoms with Crippen molar-refractivity contribution in [2.75, 3.05) is 6.54 Å². The molecule has 1 heterocycles. The van der Waals surface area contributed by atoms with Crippen molar-refractivity contribution in [1.29, 1.82) is 0 Å². The van der Waals surface area contributed by atoms with Crippen LogP contribution in [0.5, 0.6) is 0 Å². The lowest BCUT2D eigenvalue weighted by molar-refractivity contribution is -0.384. The van der Waals surface area contributed by atoms with E-state index in [0.29, 0.717) is 21.2 Å². The van der Waals surface area contributed by atoms with Crippen LogP contribution in [-0.2, 0) is 14.4 Å². The lowest BCUT2D eigenvalue weighted by Crippen LogP contribution is -2.38. The number of non-ortho nitro benzene ring substituents is 1. The predicted octanol–water partition coefficient (Wildman–Crippen LogP) is 2.17. The molecule has 1 aliphatic rings. The second-order valence-electron chi connectivity index (χ2n) is 5.92. The predicted molar refractivity (Wildman–Crippen MR) is 107 cm³/mol. The normalized spacial score (nSPS) is 16.3. The number of carboxylic acid groups (broad SMARTS) is 1. The minimum absolute atomic E-state index is 0.0542. The number of nitro benzene ring substituents is 1. The summed E-state index contributed by atoms with van der Waals surface area (Å²) in [5.74, 6) is -1.88. The summed E-state index contributed by atoms with van der Waals surface area (Å²) < 4.78 is 0.334. The van der Waals surface area contributed by atoms with Gasteiger partial charge in [-0.05, 0) is 25.0 Å². The van der Waals surface area contributed by atoms with Crippen LogP contribution in [0.2, 0.25) is 0 Å². The number of nitro groups is 1. The maximum Gasteiger partial charge on any atom is 0.325 e. The van der Waals surface area contributed by atoms with Gasteiger partial charge in [0.25, 0.3) is 11.6 Å². The number of carboxylic acids is 1. The highest BCUT2D eigenvalue weighted by Gasteiger charge is 2.31. The van der Waals surface area contributed by atoms with E-state index >= 15 is 0 Å². The van der Waals surface area contributed by atoms with Gasteiger partial charge < -0.3 is 10.4 Å². The summed E-state index contributed by atoms with van der Waals surface area (Å²) in [6.45, 7) is 1.58. The van der Waals surface area contributed by atoms with Gasteiger partial charge in [0.1, 0.15) is 10.4 Å². The zero-order chi connectivity index (χ0) is 20.8. The average Bonchev–Trinajstić information content (AvgIpc) is 2.89. The van der Waals surface area contributed by atoms with E-state index in [1.54, 1.807) is 6.07 Å². The number of nitrogens with zero attached hydrogens (tertiary/aromatic N) is 2. The Balaban J connectivity index is 1.96. The Morgan fingerprint density at radius 3 is 2.82 bits per heavy atom. The molecule has 1 saturated heterocycles. The van der Waals surface area contributed by atoms with E-state index in [2.05, 4.69) is 5.32 Å². The number of hydrogen-bond acceptors (Lipinski definition) is 7. The summed E-state index contributed by atoms with van der Waals surface area (Å²) in [6.07, 6.45) is 1.90. The molecular formula is C17H17N3O6S2. The summed E-state index contributed by atoms with van der Waals surface area (Å²) in [5, 5.41) is 22.0. The fraction of sp³-hybridized carbons (Fsp3) is 0.294. The summed E-state index contributed by atoms with van der Waals surface area (Å²) in [7, 11) is 0. The van der Waals surface area contributed by atoms with Gasteiger partial charge in [-0.25, -0.2) is 0 Å². The number of thioether (sulfide) groups is 1. The lowest BCUT2D eigenvalue weighted by Gasteiger charge is -2.14. The first-order chi connectivity index (χ1) is 13.2. The van der Waals surface area contributed by atoms with Crippen LogP contribution in [0.3, 0.4) is 0 Å². The number of carbonyl (C=O) groups excluding carboxylic acids is 2. The summed E-state index contributed by atoms with van der Waals surface area (Å²) in [6, 6.07) is 4.91. The molecule has 0 aromatic heterocycles. The standard InChI is InChI=1S/C17H17N3O6S2/c1-10(16(23)24)18-14(21)6-3-7-19-15(22)13(28-17(19)27)9-11-4-2-5-12(8-11)20(25)26/h2,4-5,8-10H,3,6-7H2,1H3,(H,18,21)(H,23,24)/b13-9-. The average molecular weight is 423 g/mol. The van der Waals surface area contributed by atoms with Crippen molar-refractivity contribution in [3.8, 4) is 0 Å². The van der Waals surface area contributed by atoms with Crippen LogP contribution in [0.15, 0.2) is 29.2 Å². The van der Waals surface area contributed by atoms with Crippen molar-refractivity contribution in [2.24, 2.45) is 0 Å². The Hall–Kier alpha value is -2.79. The number of hydrogen-bond donors (Lipinski definition) is 2. The molecule has 9 nitrogen and oxygen atoms in total. The first kappa shape index (κ1) is 21.5. The molecule has 148 valence electrons. The molecule has 0 radical (unpaired) electrons. The summed E-state index contributed by atoms with van der Waals surface area (Å²) in [4.78, 5) is 47.0. The van der Waals surface area contributed by atoms with Gasteiger partial charge in [-0.1, -0.05) is 36.1 Å². The second-order valence-corrected chi connectivity index (χ2v) is 7.59. The van der Waals surface area contributed by atoms with Gasteiger partial charge in [0.2, 0.25) is 5.91 Å². The Bertz CT molecular complexity index is 870. The third kappa shape index (κ3) is 5.60. The Morgan fingerprint density at radius 1 is 1.46 bits per heavy atom. The van der Waals surface area contributed by atoms with Crippen LogP contribution in [0.25, 0.3) is 6.08 Å². The molecule has 0 aliphatic carbocycles. The van der Waals surface area contributed by atoms with Crippen molar-refractivity contribution < 1.29 is 24.4 Å². The maximum absolute atomic E-state index is 12.5. The molecule has 0 saturated carbocycles. The van der Waals surface area contributed by atoms with Gasteiger partial charge in [-0.3, -0.25) is 29.4 Å². The highest BCUT2D eigenvalue weighted by atomic mass is 32.2. The number of rotatable bonds is 8. The zero-order valence-corrected chi connectivity index (χ0v) is 16.4. The molecule has 2 rings (SSSR count). The monoisotopic (exact) mass is 423 g/mol. The number of nitrogens with one attached hydrogen (secondary N) is 1. The molecule has 11 heteroatoms. The molecular weight excluding hydrogens is 406 g/mol. The van der Waals surface area contributed by atoms with E-state index in [1.165, 1.54) is 36.1 Å². The smallest absolute Gasteiger partial charge is 0.325 e. The number of benzene rings is 1. The SMILES string of the molecule is CC(NC(=O)CCCN1C(=O)/C(=C/c2cccc([N+](=O)[O-])c2)SC1=S)C(=O)O. The van der Waals surface area contributed by atoms with Crippen LogP contribution in [0.1, 0.15) is 25.3 Å². The first-order valence-corrected chi connectivity index (χ1v) is 9.43. The van der Waals surface area contributed by atoms with E-state index in [4.69, 9.17) is 17.3 Å². The van der Waals surface area contributed by atoms with E-state index in [1.807, 2.05) is 0 Å². The molecule has 28 heavy (non-hydrogen) atoms. The second kappa shape index (κ2) is 9.42. The van der Waals surface area contributed by atoms with Gasteiger partial charge in [-0.2, -0.15) is 0 Å². The molecule has 1 unspecified atom stereocenters. The summed E-state index contributed by atoms with van der Waals surface area (Å²) in [5.41, 5.74) is 0.433. The topological polar surface area (TPSA) is 130 Å². The quantitative estimate of drug-likeness (QED) is 0.282. The van der Waals surface area contributed by atoms with Crippen molar-refractivity contribution in [3.05, 3.63) is 44.8 Å². The highest BCUT2D eigenvalue weighted by molar-refractivity contribution is 8.26. The fourth-order valence-corrected chi connectivity index (χ4v) is 3.65. The highest BCUT2D eigenvalue weighted by Crippen LogP contribution is 2.33. The van der Waals surface area contributed by atoms with Crippen LogP contribution >= 0.6 is 24.0 Å². The minimum Gasteiger partial charge on any atom is -0.480 e. The van der Waals surface area contributed by atoms with Crippen LogP contribution in [0.4, 0.5) is 5.69 Å². The number of thiocarbonyl (C=S) groups is 1. The van der Waals surface area contributed by atoms with Gasteiger partial charge in [-0.15, -0.1) is 0 Å². The maximum atomic E-state index is 12.5. The van der Waals surface area contributed by atoms with E-state index in [-0.39, 0.29) is 24.6 Å². The first-order valence-electron chi connectivity index (χ1n) is 8.21. The van der Waals surface area contributed by atoms with Crippen molar-refractivity contribution >= 4 is 57.8 Å². The van der Waals surface area contributed by atoms with Crippen LogP contribution < -0.4 is 5.32 Å². The number of carbonyl (C=O) groups is 3. The van der Waals surface area contributed by atoms with Crippen LogP contribution in [-0.4, -0.2) is 49.6 Å². The van der Waals surface area contributed by atoms with Crippen molar-refractivity contribution in [3.63, 3.8) is 0 Å². The number of aliphatic carboxylic acids is 1. The molecule has 2 N–H and O–H groups in total. The van der Waals surface area contributed by atoms with E-state index < -0.39 is 22.8 Å². The third-order valence-electron chi connectivity index (χ3n) is 3.79. The lowest BCUT2D eigenvalue weighted by atomic mass is 10.2. The molecule has 0 bridgehead atoms. The van der Waals surface area contributed by atoms with E-state index in [9.17, 15) is 24.5 Å². The largest absolute Gasteiger partial charge is 0.480 e. The third-order valence-corrected chi connectivity index (χ3v) is 5.16.